The monoisotopic (exact) mass is 379 g/mol. The SMILES string of the molecule is CCN(CC)c1ccc(Nc2nc(N)n(-c3nc4ccccc4s3)n2)cc1. The summed E-state index contributed by atoms with van der Waals surface area (Å²) in [6, 6.07) is 16.2. The number of nitrogens with two attached hydrogens (primary N) is 1. The van der Waals surface area contributed by atoms with Crippen LogP contribution in [0.1, 0.15) is 13.8 Å². The first-order valence-electron chi connectivity index (χ1n) is 8.88. The van der Waals surface area contributed by atoms with Crippen LogP contribution in [0.2, 0.25) is 0 Å². The van der Waals surface area contributed by atoms with Crippen molar-refractivity contribution < 1.29 is 0 Å². The average molecular weight is 379 g/mol. The second kappa shape index (κ2) is 7.24. The van der Waals surface area contributed by atoms with Crippen LogP contribution in [0, 0.1) is 0 Å². The number of rotatable bonds is 6. The van der Waals surface area contributed by atoms with Crippen molar-refractivity contribution in [3.8, 4) is 5.13 Å². The largest absolute Gasteiger partial charge is 0.372 e. The number of nitrogen functional groups attached to an aromatic ring is 1. The highest BCUT2D eigenvalue weighted by molar-refractivity contribution is 7.20. The first-order valence-corrected chi connectivity index (χ1v) is 9.70. The molecule has 27 heavy (non-hydrogen) atoms. The minimum atomic E-state index is 0.302. The van der Waals surface area contributed by atoms with Crippen LogP contribution >= 0.6 is 11.3 Å². The maximum atomic E-state index is 6.06. The summed E-state index contributed by atoms with van der Waals surface area (Å²) in [5, 5.41) is 8.37. The Morgan fingerprint density at radius 1 is 1.04 bits per heavy atom. The fourth-order valence-electron chi connectivity index (χ4n) is 2.94. The molecule has 8 heteroatoms. The third-order valence-electron chi connectivity index (χ3n) is 4.35. The zero-order valence-corrected chi connectivity index (χ0v) is 16.1. The smallest absolute Gasteiger partial charge is 0.248 e. The Hall–Kier alpha value is -3.13. The topological polar surface area (TPSA) is 84.9 Å². The van der Waals surface area contributed by atoms with Crippen LogP contribution in [-0.2, 0) is 0 Å². The van der Waals surface area contributed by atoms with Crippen molar-refractivity contribution in [3.05, 3.63) is 48.5 Å². The Labute approximate surface area is 161 Å². The third kappa shape index (κ3) is 3.43. The Balaban J connectivity index is 1.56. The molecule has 2 aromatic heterocycles. The molecular weight excluding hydrogens is 358 g/mol. The highest BCUT2D eigenvalue weighted by Gasteiger charge is 2.13. The van der Waals surface area contributed by atoms with E-state index in [0.29, 0.717) is 17.0 Å². The molecule has 138 valence electrons. The van der Waals surface area contributed by atoms with Gasteiger partial charge >= 0.3 is 0 Å². The second-order valence-corrected chi connectivity index (χ2v) is 7.02. The first kappa shape index (κ1) is 17.3. The maximum Gasteiger partial charge on any atom is 0.248 e. The number of fused-ring (bicyclic) bond motifs is 1. The number of para-hydroxylation sites is 1. The van der Waals surface area contributed by atoms with E-state index in [1.165, 1.54) is 17.0 Å². The molecule has 2 heterocycles. The van der Waals surface area contributed by atoms with Gasteiger partial charge in [0.15, 0.2) is 0 Å². The molecule has 0 saturated heterocycles. The van der Waals surface area contributed by atoms with Crippen molar-refractivity contribution in [3.63, 3.8) is 0 Å². The van der Waals surface area contributed by atoms with Crippen molar-refractivity contribution in [2.24, 2.45) is 0 Å². The Kier molecular flexibility index (Phi) is 4.64. The molecule has 2 aromatic carbocycles. The molecule has 4 aromatic rings. The summed E-state index contributed by atoms with van der Waals surface area (Å²) in [6.07, 6.45) is 0. The van der Waals surface area contributed by atoms with E-state index in [9.17, 15) is 0 Å². The predicted molar refractivity (Wildman–Crippen MR) is 112 cm³/mol. The van der Waals surface area contributed by atoms with Crippen molar-refractivity contribution >= 4 is 44.8 Å². The van der Waals surface area contributed by atoms with Gasteiger partial charge in [-0.1, -0.05) is 23.5 Å². The summed E-state index contributed by atoms with van der Waals surface area (Å²) in [7, 11) is 0. The number of nitrogens with one attached hydrogen (secondary N) is 1. The molecule has 0 atom stereocenters. The molecule has 0 radical (unpaired) electrons. The molecular formula is C19H21N7S. The van der Waals surface area contributed by atoms with Crippen molar-refractivity contribution in [2.45, 2.75) is 13.8 Å². The van der Waals surface area contributed by atoms with Crippen LogP contribution < -0.4 is 16.0 Å². The average Bonchev–Trinajstić information content (AvgIpc) is 3.27. The third-order valence-corrected chi connectivity index (χ3v) is 5.36. The summed E-state index contributed by atoms with van der Waals surface area (Å²) < 4.78 is 2.65. The second-order valence-electron chi connectivity index (χ2n) is 6.01. The van der Waals surface area contributed by atoms with Gasteiger partial charge < -0.3 is 16.0 Å². The van der Waals surface area contributed by atoms with E-state index in [1.807, 2.05) is 36.4 Å². The molecule has 0 spiro atoms. The van der Waals surface area contributed by atoms with Gasteiger partial charge in [0, 0.05) is 24.5 Å². The van der Waals surface area contributed by atoms with E-state index in [-0.39, 0.29) is 0 Å². The highest BCUT2D eigenvalue weighted by Crippen LogP contribution is 2.26. The molecule has 4 rings (SSSR count). The molecule has 0 aliphatic carbocycles. The van der Waals surface area contributed by atoms with E-state index in [4.69, 9.17) is 5.73 Å². The number of hydrogen-bond donors (Lipinski definition) is 2. The van der Waals surface area contributed by atoms with Crippen molar-refractivity contribution in [1.82, 2.24) is 19.7 Å². The van der Waals surface area contributed by atoms with Crippen LogP contribution in [-0.4, -0.2) is 32.8 Å². The molecule has 0 aliphatic heterocycles. The van der Waals surface area contributed by atoms with E-state index >= 15 is 0 Å². The molecule has 3 N–H and O–H groups in total. The maximum absolute atomic E-state index is 6.06. The zero-order valence-electron chi connectivity index (χ0n) is 15.3. The van der Waals surface area contributed by atoms with Crippen molar-refractivity contribution in [2.75, 3.05) is 29.0 Å². The van der Waals surface area contributed by atoms with Crippen LogP contribution in [0.4, 0.5) is 23.3 Å². The van der Waals surface area contributed by atoms with Crippen LogP contribution in [0.15, 0.2) is 48.5 Å². The van der Waals surface area contributed by atoms with Gasteiger partial charge in [0.2, 0.25) is 17.0 Å². The van der Waals surface area contributed by atoms with E-state index in [1.54, 1.807) is 4.68 Å². The summed E-state index contributed by atoms with van der Waals surface area (Å²) in [5.74, 6) is 0.749. The van der Waals surface area contributed by atoms with Gasteiger partial charge in [-0.25, -0.2) is 4.98 Å². The number of nitrogens with zero attached hydrogens (tertiary/aromatic N) is 5. The van der Waals surface area contributed by atoms with Gasteiger partial charge in [0.05, 0.1) is 10.2 Å². The number of anilines is 4. The quantitative estimate of drug-likeness (QED) is 0.526. The van der Waals surface area contributed by atoms with Gasteiger partial charge in [-0.3, -0.25) is 0 Å². The molecule has 0 aliphatic rings. The normalized spacial score (nSPS) is 11.0. The summed E-state index contributed by atoms with van der Waals surface area (Å²) >= 11 is 1.53. The van der Waals surface area contributed by atoms with Gasteiger partial charge in [-0.05, 0) is 50.2 Å². The number of aromatic nitrogens is 4. The fraction of sp³-hybridized carbons (Fsp3) is 0.211. The number of benzene rings is 2. The summed E-state index contributed by atoms with van der Waals surface area (Å²) in [6.45, 7) is 6.26. The number of thiazole rings is 1. The lowest BCUT2D eigenvalue weighted by molar-refractivity contribution is 0.866. The Morgan fingerprint density at radius 3 is 2.48 bits per heavy atom. The standard InChI is InChI=1S/C19H21N7S/c1-3-25(4-2)14-11-9-13(10-12-14)21-18-23-17(20)26(24-18)19-22-15-7-5-6-8-16(15)27-19/h5-12H,3-4H2,1-2H3,(H3,20,21,23,24). The van der Waals surface area contributed by atoms with Crippen LogP contribution in [0.3, 0.4) is 0 Å². The predicted octanol–water partition coefficient (Wildman–Crippen LogP) is 4.05. The molecule has 0 amide bonds. The minimum absolute atomic E-state index is 0.302. The molecule has 7 nitrogen and oxygen atoms in total. The Bertz CT molecular complexity index is 1010. The molecule has 0 unspecified atom stereocenters. The van der Waals surface area contributed by atoms with E-state index in [2.05, 4.69) is 51.3 Å². The van der Waals surface area contributed by atoms with Gasteiger partial charge in [0.25, 0.3) is 0 Å². The zero-order chi connectivity index (χ0) is 18.8. The van der Waals surface area contributed by atoms with Gasteiger partial charge in [-0.15, -0.1) is 5.10 Å². The molecule has 0 fully saturated rings. The molecule has 0 saturated carbocycles. The first-order chi connectivity index (χ1) is 13.2. The summed E-state index contributed by atoms with van der Waals surface area (Å²) in [4.78, 5) is 11.2. The van der Waals surface area contributed by atoms with E-state index < -0.39 is 0 Å². The lowest BCUT2D eigenvalue weighted by Gasteiger charge is -2.21. The number of hydrogen-bond acceptors (Lipinski definition) is 7. The lowest BCUT2D eigenvalue weighted by Crippen LogP contribution is -2.21. The van der Waals surface area contributed by atoms with Crippen LogP contribution in [0.5, 0.6) is 0 Å². The summed E-state index contributed by atoms with van der Waals surface area (Å²) in [5.41, 5.74) is 9.09. The Morgan fingerprint density at radius 2 is 1.78 bits per heavy atom. The highest BCUT2D eigenvalue weighted by atomic mass is 32.1. The van der Waals surface area contributed by atoms with Gasteiger partial charge in [-0.2, -0.15) is 9.67 Å². The van der Waals surface area contributed by atoms with E-state index in [0.717, 1.165) is 29.0 Å². The molecule has 0 bridgehead atoms. The van der Waals surface area contributed by atoms with Gasteiger partial charge in [0.1, 0.15) is 0 Å². The van der Waals surface area contributed by atoms with Crippen LogP contribution in [0.25, 0.3) is 15.3 Å². The van der Waals surface area contributed by atoms with Crippen molar-refractivity contribution in [1.29, 1.82) is 0 Å². The fourth-order valence-corrected chi connectivity index (χ4v) is 3.87. The minimum Gasteiger partial charge on any atom is -0.372 e. The lowest BCUT2D eigenvalue weighted by atomic mass is 10.2.